The molecule has 0 atom stereocenters. The molecule has 0 aliphatic heterocycles. The van der Waals surface area contributed by atoms with Crippen LogP contribution in [-0.4, -0.2) is 29.2 Å². The lowest BCUT2D eigenvalue weighted by atomic mass is 10.4. The Kier molecular flexibility index (Phi) is 4.57. The Balaban J connectivity index is 2.19. The highest BCUT2D eigenvalue weighted by molar-refractivity contribution is 5.77. The number of nitrogens with zero attached hydrogens (tertiary/aromatic N) is 2. The van der Waals surface area contributed by atoms with Crippen molar-refractivity contribution in [3.8, 4) is 0 Å². The summed E-state index contributed by atoms with van der Waals surface area (Å²) in [7, 11) is 0. The number of hydrogen-bond acceptors (Lipinski definition) is 4. The van der Waals surface area contributed by atoms with Crippen LogP contribution in [0.2, 0.25) is 0 Å². The van der Waals surface area contributed by atoms with Crippen molar-refractivity contribution in [3.05, 3.63) is 24.0 Å². The van der Waals surface area contributed by atoms with Crippen molar-refractivity contribution in [1.82, 2.24) is 20.8 Å². The number of hydrogen-bond donors (Lipinski definition) is 2. The van der Waals surface area contributed by atoms with Crippen LogP contribution in [0.3, 0.4) is 0 Å². The van der Waals surface area contributed by atoms with Crippen LogP contribution in [-0.2, 0) is 11.3 Å². The monoisotopic (exact) mass is 194 g/mol. The summed E-state index contributed by atoms with van der Waals surface area (Å²) in [6.07, 6.45) is 1.62. The molecule has 0 bridgehead atoms. The van der Waals surface area contributed by atoms with Gasteiger partial charge in [0.05, 0.1) is 12.2 Å². The van der Waals surface area contributed by atoms with Crippen molar-refractivity contribution in [2.45, 2.75) is 13.5 Å². The van der Waals surface area contributed by atoms with E-state index in [4.69, 9.17) is 0 Å². The Hall–Kier alpha value is -1.49. The molecular weight excluding hydrogens is 180 g/mol. The first kappa shape index (κ1) is 10.6. The van der Waals surface area contributed by atoms with Gasteiger partial charge in [-0.3, -0.25) is 4.79 Å². The van der Waals surface area contributed by atoms with Crippen LogP contribution in [0.25, 0.3) is 0 Å². The molecule has 0 saturated heterocycles. The van der Waals surface area contributed by atoms with E-state index in [9.17, 15) is 4.79 Å². The Morgan fingerprint density at radius 1 is 1.57 bits per heavy atom. The quantitative estimate of drug-likeness (QED) is 0.675. The van der Waals surface area contributed by atoms with Gasteiger partial charge in [0.1, 0.15) is 0 Å². The third kappa shape index (κ3) is 3.95. The van der Waals surface area contributed by atoms with E-state index in [-0.39, 0.29) is 5.91 Å². The summed E-state index contributed by atoms with van der Waals surface area (Å²) in [5.41, 5.74) is 0.830. The Bertz CT molecular complexity index is 275. The van der Waals surface area contributed by atoms with Crippen molar-refractivity contribution >= 4 is 5.91 Å². The molecule has 0 aliphatic carbocycles. The number of aromatic nitrogens is 2. The average Bonchev–Trinajstić information content (AvgIpc) is 2.20. The molecule has 1 aromatic heterocycles. The van der Waals surface area contributed by atoms with E-state index in [2.05, 4.69) is 20.8 Å². The van der Waals surface area contributed by atoms with Crippen LogP contribution in [0.5, 0.6) is 0 Å². The van der Waals surface area contributed by atoms with E-state index in [1.165, 1.54) is 0 Å². The van der Waals surface area contributed by atoms with Crippen molar-refractivity contribution in [2.75, 3.05) is 13.1 Å². The third-order valence-electron chi connectivity index (χ3n) is 1.59. The molecule has 0 aliphatic rings. The SMILES string of the molecule is CCNC(=O)CNCc1cccnn1. The summed E-state index contributed by atoms with van der Waals surface area (Å²) in [6, 6.07) is 3.67. The zero-order valence-electron chi connectivity index (χ0n) is 8.16. The van der Waals surface area contributed by atoms with E-state index >= 15 is 0 Å². The molecule has 1 heterocycles. The second kappa shape index (κ2) is 6.04. The fraction of sp³-hybridized carbons (Fsp3) is 0.444. The first-order valence-corrected chi connectivity index (χ1v) is 4.57. The van der Waals surface area contributed by atoms with Crippen LogP contribution in [0.4, 0.5) is 0 Å². The van der Waals surface area contributed by atoms with Crippen molar-refractivity contribution in [3.63, 3.8) is 0 Å². The van der Waals surface area contributed by atoms with Crippen LogP contribution < -0.4 is 10.6 Å². The maximum atomic E-state index is 11.0. The summed E-state index contributed by atoms with van der Waals surface area (Å²) < 4.78 is 0. The molecule has 2 N–H and O–H groups in total. The number of amides is 1. The van der Waals surface area contributed by atoms with Gasteiger partial charge in [-0.15, -0.1) is 0 Å². The van der Waals surface area contributed by atoms with Gasteiger partial charge in [0.2, 0.25) is 5.91 Å². The van der Waals surface area contributed by atoms with Crippen LogP contribution in [0.1, 0.15) is 12.6 Å². The van der Waals surface area contributed by atoms with Crippen LogP contribution in [0, 0.1) is 0 Å². The van der Waals surface area contributed by atoms with E-state index in [1.54, 1.807) is 6.20 Å². The summed E-state index contributed by atoms with van der Waals surface area (Å²) in [5, 5.41) is 13.3. The van der Waals surface area contributed by atoms with Crippen molar-refractivity contribution < 1.29 is 4.79 Å². The number of rotatable bonds is 5. The molecule has 1 rings (SSSR count). The van der Waals surface area contributed by atoms with E-state index in [1.807, 2.05) is 19.1 Å². The fourth-order valence-corrected chi connectivity index (χ4v) is 0.991. The minimum Gasteiger partial charge on any atom is -0.355 e. The van der Waals surface area contributed by atoms with Gasteiger partial charge in [0, 0.05) is 19.3 Å². The zero-order chi connectivity index (χ0) is 10.2. The van der Waals surface area contributed by atoms with Crippen molar-refractivity contribution in [1.29, 1.82) is 0 Å². The molecular formula is C9H14N4O. The molecule has 1 amide bonds. The lowest BCUT2D eigenvalue weighted by molar-refractivity contribution is -0.120. The maximum Gasteiger partial charge on any atom is 0.233 e. The molecule has 0 fully saturated rings. The lowest BCUT2D eigenvalue weighted by Gasteiger charge is -2.03. The molecule has 0 radical (unpaired) electrons. The molecule has 76 valence electrons. The van der Waals surface area contributed by atoms with Gasteiger partial charge in [0.15, 0.2) is 0 Å². The zero-order valence-corrected chi connectivity index (χ0v) is 8.16. The van der Waals surface area contributed by atoms with Gasteiger partial charge < -0.3 is 10.6 Å². The Labute approximate surface area is 82.9 Å². The van der Waals surface area contributed by atoms with E-state index < -0.39 is 0 Å². The van der Waals surface area contributed by atoms with Crippen LogP contribution >= 0.6 is 0 Å². The Morgan fingerprint density at radius 2 is 2.43 bits per heavy atom. The second-order valence-corrected chi connectivity index (χ2v) is 2.77. The van der Waals surface area contributed by atoms with Crippen molar-refractivity contribution in [2.24, 2.45) is 0 Å². The maximum absolute atomic E-state index is 11.0. The van der Waals surface area contributed by atoms with Gasteiger partial charge in [-0.2, -0.15) is 10.2 Å². The molecule has 0 spiro atoms. The number of carbonyl (C=O) groups is 1. The summed E-state index contributed by atoms with van der Waals surface area (Å²) >= 11 is 0. The number of nitrogens with one attached hydrogen (secondary N) is 2. The third-order valence-corrected chi connectivity index (χ3v) is 1.59. The highest BCUT2D eigenvalue weighted by Gasteiger charge is 1.98. The number of likely N-dealkylation sites (N-methyl/N-ethyl adjacent to an activating group) is 1. The molecule has 0 unspecified atom stereocenters. The molecule has 0 saturated carbocycles. The Morgan fingerprint density at radius 3 is 3.07 bits per heavy atom. The largest absolute Gasteiger partial charge is 0.355 e. The standard InChI is InChI=1S/C9H14N4O/c1-2-11-9(14)7-10-6-8-4-3-5-12-13-8/h3-5,10H,2,6-7H2,1H3,(H,11,14). The fourth-order valence-electron chi connectivity index (χ4n) is 0.991. The predicted octanol–water partition coefficient (Wildman–Crippen LogP) is -0.298. The lowest BCUT2D eigenvalue weighted by Crippen LogP contribution is -2.33. The minimum absolute atomic E-state index is 0.00334. The summed E-state index contributed by atoms with van der Waals surface area (Å²) in [4.78, 5) is 11.0. The normalized spacial score (nSPS) is 9.79. The predicted molar refractivity (Wildman–Crippen MR) is 52.4 cm³/mol. The first-order valence-electron chi connectivity index (χ1n) is 4.57. The van der Waals surface area contributed by atoms with Gasteiger partial charge in [-0.05, 0) is 19.1 Å². The molecule has 5 nitrogen and oxygen atoms in total. The van der Waals surface area contributed by atoms with E-state index in [0.717, 1.165) is 5.69 Å². The van der Waals surface area contributed by atoms with Gasteiger partial charge >= 0.3 is 0 Å². The smallest absolute Gasteiger partial charge is 0.233 e. The van der Waals surface area contributed by atoms with Gasteiger partial charge in [0.25, 0.3) is 0 Å². The molecule has 14 heavy (non-hydrogen) atoms. The highest BCUT2D eigenvalue weighted by atomic mass is 16.1. The molecule has 5 heteroatoms. The van der Waals surface area contributed by atoms with Gasteiger partial charge in [-0.25, -0.2) is 0 Å². The molecule has 1 aromatic rings. The minimum atomic E-state index is -0.00334. The average molecular weight is 194 g/mol. The second-order valence-electron chi connectivity index (χ2n) is 2.77. The van der Waals surface area contributed by atoms with E-state index in [0.29, 0.717) is 19.6 Å². The topological polar surface area (TPSA) is 66.9 Å². The van der Waals surface area contributed by atoms with Gasteiger partial charge in [-0.1, -0.05) is 0 Å². The molecule has 0 aromatic carbocycles. The first-order chi connectivity index (χ1) is 6.83. The summed E-state index contributed by atoms with van der Waals surface area (Å²) in [5.74, 6) is -0.00334. The van der Waals surface area contributed by atoms with Crippen LogP contribution in [0.15, 0.2) is 18.3 Å². The number of carbonyl (C=O) groups excluding carboxylic acids is 1. The summed E-state index contributed by atoms with van der Waals surface area (Å²) in [6.45, 7) is 3.42. The highest BCUT2D eigenvalue weighted by Crippen LogP contribution is 1.88.